The highest BCUT2D eigenvalue weighted by Gasteiger charge is 2.40. The van der Waals surface area contributed by atoms with Gasteiger partial charge in [-0.25, -0.2) is 8.42 Å². The molecule has 0 aromatic heterocycles. The van der Waals surface area contributed by atoms with Gasteiger partial charge in [-0.2, -0.15) is 0 Å². The minimum absolute atomic E-state index is 0.357. The van der Waals surface area contributed by atoms with Crippen LogP contribution in [0.5, 0.6) is 0 Å². The fourth-order valence-electron chi connectivity index (χ4n) is 4.94. The molecule has 0 N–H and O–H groups in total. The van der Waals surface area contributed by atoms with Crippen molar-refractivity contribution >= 4 is 9.84 Å². The van der Waals surface area contributed by atoms with Gasteiger partial charge in [0.1, 0.15) is 0 Å². The van der Waals surface area contributed by atoms with Gasteiger partial charge in [-0.15, -0.1) is 0 Å². The molecule has 4 rings (SSSR count). The largest absolute Gasteiger partial charge is 0.377 e. The van der Waals surface area contributed by atoms with Crippen LogP contribution in [0.3, 0.4) is 0 Å². The highest BCUT2D eigenvalue weighted by molar-refractivity contribution is 7.95. The van der Waals surface area contributed by atoms with E-state index in [1.165, 1.54) is 0 Å². The SMILES string of the molecule is Cc1ccc(S(=O)(=O)C2=C(CCCOCc3ccccc3)N3CCC[C@H]3[C@H](C)C2)cc1. The molecule has 2 atom stereocenters. The third-order valence-corrected chi connectivity index (χ3v) is 8.55. The lowest BCUT2D eigenvalue weighted by molar-refractivity contribution is 0.115. The first-order valence-corrected chi connectivity index (χ1v) is 12.9. The number of aryl methyl sites for hydroxylation is 1. The van der Waals surface area contributed by atoms with Crippen LogP contribution in [0.25, 0.3) is 0 Å². The summed E-state index contributed by atoms with van der Waals surface area (Å²) in [5.41, 5.74) is 3.26. The molecule has 5 heteroatoms. The van der Waals surface area contributed by atoms with Gasteiger partial charge in [-0.3, -0.25) is 0 Å². The Hall–Kier alpha value is -2.11. The number of fused-ring (bicyclic) bond motifs is 1. The quantitative estimate of drug-likeness (QED) is 0.511. The van der Waals surface area contributed by atoms with Crippen molar-refractivity contribution in [2.24, 2.45) is 5.92 Å². The zero-order valence-corrected chi connectivity index (χ0v) is 19.4. The van der Waals surface area contributed by atoms with Gasteiger partial charge >= 0.3 is 0 Å². The molecule has 0 radical (unpaired) electrons. The van der Waals surface area contributed by atoms with Crippen LogP contribution in [0.2, 0.25) is 0 Å². The molecule has 2 heterocycles. The molecule has 2 aliphatic rings. The Morgan fingerprint density at radius 2 is 1.81 bits per heavy atom. The van der Waals surface area contributed by atoms with Gasteiger partial charge in [0, 0.05) is 24.9 Å². The van der Waals surface area contributed by atoms with Gasteiger partial charge in [-0.1, -0.05) is 55.0 Å². The first-order valence-electron chi connectivity index (χ1n) is 11.4. The van der Waals surface area contributed by atoms with Crippen molar-refractivity contribution in [1.82, 2.24) is 4.90 Å². The zero-order chi connectivity index (χ0) is 21.8. The lowest BCUT2D eigenvalue weighted by Crippen LogP contribution is -2.40. The number of allylic oxidation sites excluding steroid dienone is 2. The van der Waals surface area contributed by atoms with Crippen molar-refractivity contribution in [2.45, 2.75) is 63.5 Å². The van der Waals surface area contributed by atoms with Gasteiger partial charge in [0.2, 0.25) is 9.84 Å². The molecule has 0 bridgehead atoms. The Bertz CT molecular complexity index is 1010. The van der Waals surface area contributed by atoms with Gasteiger partial charge in [0.15, 0.2) is 0 Å². The summed E-state index contributed by atoms with van der Waals surface area (Å²) in [5, 5.41) is 0. The standard InChI is InChI=1S/C26H33NO3S/c1-20-12-14-23(15-13-20)31(28,29)26-18-21(2)24-10-6-16-27(24)25(26)11-7-17-30-19-22-8-4-3-5-9-22/h3-5,8-9,12-15,21,24H,6-7,10-11,16-19H2,1-2H3/t21-,24+/m1/s1. The van der Waals surface area contributed by atoms with E-state index in [0.717, 1.165) is 49.1 Å². The molecule has 31 heavy (non-hydrogen) atoms. The molecule has 4 nitrogen and oxygen atoms in total. The summed E-state index contributed by atoms with van der Waals surface area (Å²) in [4.78, 5) is 3.44. The first kappa shape index (κ1) is 22.1. The molecule has 1 fully saturated rings. The average molecular weight is 440 g/mol. The maximum Gasteiger partial charge on any atom is 0.204 e. The van der Waals surface area contributed by atoms with E-state index in [9.17, 15) is 8.42 Å². The maximum atomic E-state index is 13.6. The summed E-state index contributed by atoms with van der Waals surface area (Å²) in [6, 6.07) is 17.9. The van der Waals surface area contributed by atoms with Crippen LogP contribution in [0.15, 0.2) is 70.1 Å². The Balaban J connectivity index is 1.53. The number of nitrogens with zero attached hydrogens (tertiary/aromatic N) is 1. The highest BCUT2D eigenvalue weighted by atomic mass is 32.2. The number of hydrogen-bond acceptors (Lipinski definition) is 4. The smallest absolute Gasteiger partial charge is 0.204 e. The van der Waals surface area contributed by atoms with E-state index in [4.69, 9.17) is 4.74 Å². The summed E-state index contributed by atoms with van der Waals surface area (Å²) < 4.78 is 33.1. The number of rotatable bonds is 8. The van der Waals surface area contributed by atoms with Crippen LogP contribution in [0.4, 0.5) is 0 Å². The zero-order valence-electron chi connectivity index (χ0n) is 18.6. The Morgan fingerprint density at radius 3 is 2.55 bits per heavy atom. The van der Waals surface area contributed by atoms with Crippen LogP contribution >= 0.6 is 0 Å². The van der Waals surface area contributed by atoms with Crippen molar-refractivity contribution in [1.29, 1.82) is 0 Å². The second-order valence-electron chi connectivity index (χ2n) is 8.91. The molecule has 1 saturated heterocycles. The second kappa shape index (κ2) is 9.58. The molecule has 2 aromatic carbocycles. The van der Waals surface area contributed by atoms with E-state index in [2.05, 4.69) is 24.0 Å². The van der Waals surface area contributed by atoms with E-state index >= 15 is 0 Å². The number of ether oxygens (including phenoxy) is 1. The molecule has 0 aliphatic carbocycles. The number of sulfone groups is 1. The summed E-state index contributed by atoms with van der Waals surface area (Å²) in [5.74, 6) is 0.357. The van der Waals surface area contributed by atoms with E-state index in [-0.39, 0.29) is 0 Å². The van der Waals surface area contributed by atoms with E-state index in [1.807, 2.05) is 37.3 Å². The van der Waals surface area contributed by atoms with Crippen molar-refractivity contribution in [2.75, 3.05) is 13.2 Å². The fraction of sp³-hybridized carbons (Fsp3) is 0.462. The topological polar surface area (TPSA) is 46.6 Å². The van der Waals surface area contributed by atoms with Gasteiger partial charge in [0.05, 0.1) is 16.4 Å². The molecular weight excluding hydrogens is 406 g/mol. The molecule has 2 aromatic rings. The maximum absolute atomic E-state index is 13.6. The first-order chi connectivity index (χ1) is 15.0. The minimum atomic E-state index is -3.49. The number of hydrogen-bond donors (Lipinski definition) is 0. The molecule has 2 aliphatic heterocycles. The van der Waals surface area contributed by atoms with E-state index in [1.54, 1.807) is 12.1 Å². The number of benzene rings is 2. The van der Waals surface area contributed by atoms with E-state index in [0.29, 0.717) is 41.4 Å². The third-order valence-electron chi connectivity index (χ3n) is 6.60. The molecular formula is C26H33NO3S. The van der Waals surface area contributed by atoms with Gasteiger partial charge in [-0.05, 0) is 62.6 Å². The van der Waals surface area contributed by atoms with Crippen molar-refractivity contribution in [3.8, 4) is 0 Å². The fourth-order valence-corrected chi connectivity index (χ4v) is 6.73. The van der Waals surface area contributed by atoms with Crippen LogP contribution in [-0.2, 0) is 21.2 Å². The van der Waals surface area contributed by atoms with Crippen LogP contribution in [-0.4, -0.2) is 32.5 Å². The highest BCUT2D eigenvalue weighted by Crippen LogP contribution is 2.42. The van der Waals surface area contributed by atoms with Crippen LogP contribution in [0, 0.1) is 12.8 Å². The lowest BCUT2D eigenvalue weighted by atomic mass is 9.91. The molecule has 0 saturated carbocycles. The normalized spacial score (nSPS) is 21.4. The minimum Gasteiger partial charge on any atom is -0.377 e. The van der Waals surface area contributed by atoms with Crippen LogP contribution < -0.4 is 0 Å². The summed E-state index contributed by atoms with van der Waals surface area (Å²) in [6.07, 6.45) is 4.51. The second-order valence-corrected chi connectivity index (χ2v) is 10.9. The van der Waals surface area contributed by atoms with Crippen molar-refractivity contribution in [3.63, 3.8) is 0 Å². The van der Waals surface area contributed by atoms with Crippen molar-refractivity contribution in [3.05, 3.63) is 76.3 Å². The molecule has 0 amide bonds. The molecule has 0 spiro atoms. The predicted octanol–water partition coefficient (Wildman–Crippen LogP) is 5.48. The van der Waals surface area contributed by atoms with Crippen molar-refractivity contribution < 1.29 is 13.2 Å². The average Bonchev–Trinajstić information content (AvgIpc) is 3.26. The summed E-state index contributed by atoms with van der Waals surface area (Å²) in [7, 11) is -3.49. The molecule has 166 valence electrons. The lowest BCUT2D eigenvalue weighted by Gasteiger charge is -2.40. The summed E-state index contributed by atoms with van der Waals surface area (Å²) in [6.45, 7) is 6.37. The Kier molecular flexibility index (Phi) is 6.83. The Morgan fingerprint density at radius 1 is 1.06 bits per heavy atom. The predicted molar refractivity (Wildman–Crippen MR) is 124 cm³/mol. The van der Waals surface area contributed by atoms with Gasteiger partial charge < -0.3 is 9.64 Å². The van der Waals surface area contributed by atoms with Gasteiger partial charge in [0.25, 0.3) is 0 Å². The summed E-state index contributed by atoms with van der Waals surface area (Å²) >= 11 is 0. The monoisotopic (exact) mass is 439 g/mol. The Labute approximate surface area is 186 Å². The van der Waals surface area contributed by atoms with E-state index < -0.39 is 9.84 Å². The third kappa shape index (κ3) is 4.88. The van der Waals surface area contributed by atoms with Crippen LogP contribution in [0.1, 0.15) is 50.2 Å². The molecule has 0 unspecified atom stereocenters.